The van der Waals surface area contributed by atoms with Crippen LogP contribution in [-0.2, 0) is 0 Å². The Balaban J connectivity index is 2.99. The van der Waals surface area contributed by atoms with Gasteiger partial charge in [0.1, 0.15) is 0 Å². The van der Waals surface area contributed by atoms with Crippen molar-refractivity contribution in [1.82, 2.24) is 0 Å². The Kier molecular flexibility index (Phi) is 5.68. The summed E-state index contributed by atoms with van der Waals surface area (Å²) in [4.78, 5) is 14.0. The van der Waals surface area contributed by atoms with E-state index in [1.54, 1.807) is 0 Å². The van der Waals surface area contributed by atoms with Crippen LogP contribution in [0.5, 0.6) is 0 Å². The minimum absolute atomic E-state index is 1.11. The normalized spacial score (nSPS) is 11.0. The molecule has 0 aliphatic carbocycles. The van der Waals surface area contributed by atoms with Gasteiger partial charge < -0.3 is 0 Å². The Morgan fingerprint density at radius 2 is 1.11 bits per heavy atom. The zero-order chi connectivity index (χ0) is 13.8. The van der Waals surface area contributed by atoms with Gasteiger partial charge in [0.15, 0.2) is 0 Å². The second-order valence-corrected chi connectivity index (χ2v) is 33.7. The molecule has 1 aromatic carbocycles. The van der Waals surface area contributed by atoms with E-state index in [9.17, 15) is 0 Å². The van der Waals surface area contributed by atoms with Gasteiger partial charge in [-0.1, -0.05) is 0 Å². The van der Waals surface area contributed by atoms with E-state index in [0.29, 0.717) is 0 Å². The summed E-state index contributed by atoms with van der Waals surface area (Å²) >= 11 is -3.95. The number of rotatable bonds is 0. The first kappa shape index (κ1) is 16.0. The molecule has 0 bridgehead atoms. The summed E-state index contributed by atoms with van der Waals surface area (Å²) in [7, 11) is 0. The van der Waals surface area contributed by atoms with Crippen molar-refractivity contribution in [2.45, 2.75) is 29.6 Å². The third kappa shape index (κ3) is 7.39. The van der Waals surface area contributed by atoms with E-state index in [4.69, 9.17) is 0 Å². The number of hydrogen-bond acceptors (Lipinski definition) is 0. The van der Waals surface area contributed by atoms with Gasteiger partial charge in [0.2, 0.25) is 0 Å². The van der Waals surface area contributed by atoms with Crippen molar-refractivity contribution in [2.75, 3.05) is 0 Å². The average molecular weight is 452 g/mol. The standard InChI is InChI=1S/C10H4.6CH3.2Sn/c1-3-9-6-5-7-10(4-2)8-9;;;;;;;;/h5-8H;6*1H3;;. The van der Waals surface area contributed by atoms with Gasteiger partial charge in [-0.15, -0.1) is 0 Å². The molecule has 0 unspecified atom stereocenters. The van der Waals surface area contributed by atoms with Crippen molar-refractivity contribution in [1.29, 1.82) is 0 Å². The second kappa shape index (κ2) is 6.39. The van der Waals surface area contributed by atoms with Crippen LogP contribution < -0.4 is 0 Å². The average Bonchev–Trinajstić information content (AvgIpc) is 2.22. The summed E-state index contributed by atoms with van der Waals surface area (Å²) in [6, 6.07) is 8.34. The van der Waals surface area contributed by atoms with Crippen molar-refractivity contribution in [2.24, 2.45) is 0 Å². The van der Waals surface area contributed by atoms with E-state index in [0.717, 1.165) is 11.1 Å². The number of hydrogen-bond donors (Lipinski definition) is 0. The van der Waals surface area contributed by atoms with Crippen LogP contribution in [0.15, 0.2) is 24.3 Å². The van der Waals surface area contributed by atoms with E-state index in [1.807, 2.05) is 0 Å². The first-order valence-corrected chi connectivity index (χ1v) is 26.3. The van der Waals surface area contributed by atoms with Crippen LogP contribution in [0.3, 0.4) is 0 Å². The summed E-state index contributed by atoms with van der Waals surface area (Å²) in [5.74, 6) is 6.63. The molecule has 1 aromatic rings. The molecule has 0 saturated carbocycles. The molecule has 94 valence electrons. The monoisotopic (exact) mass is 454 g/mol. The van der Waals surface area contributed by atoms with E-state index in [-0.39, 0.29) is 0 Å². The zero-order valence-corrected chi connectivity index (χ0v) is 18.0. The van der Waals surface area contributed by atoms with Crippen LogP contribution in [0.2, 0.25) is 29.6 Å². The summed E-state index contributed by atoms with van der Waals surface area (Å²) in [5.41, 5.74) is 2.22. The van der Waals surface area contributed by atoms with Crippen LogP contribution >= 0.6 is 0 Å². The van der Waals surface area contributed by atoms with Gasteiger partial charge in [-0.25, -0.2) is 0 Å². The van der Waals surface area contributed by atoms with E-state index >= 15 is 0 Å². The molecule has 0 atom stereocenters. The van der Waals surface area contributed by atoms with Crippen molar-refractivity contribution in [3.8, 4) is 19.7 Å². The van der Waals surface area contributed by atoms with Gasteiger partial charge in [-0.2, -0.15) is 0 Å². The molecule has 2 heteroatoms. The molecule has 0 spiro atoms. The summed E-state index contributed by atoms with van der Waals surface area (Å²) < 4.78 is 6.93. The molecule has 0 N–H and O–H groups in total. The maximum absolute atomic E-state index is 3.46. The molecule has 0 aromatic heterocycles. The fraction of sp³-hybridized carbons (Fsp3) is 0.375. The molecule has 18 heavy (non-hydrogen) atoms. The molecule has 0 fully saturated rings. The van der Waals surface area contributed by atoms with Crippen molar-refractivity contribution in [3.05, 3.63) is 35.4 Å². The predicted molar refractivity (Wildman–Crippen MR) is 86.9 cm³/mol. The fourth-order valence-electron chi connectivity index (χ4n) is 1.19. The number of benzene rings is 1. The van der Waals surface area contributed by atoms with E-state index in [2.05, 4.69) is 73.6 Å². The molecule has 0 saturated heterocycles. The third-order valence-electron chi connectivity index (χ3n) is 2.03. The van der Waals surface area contributed by atoms with Crippen LogP contribution in [0.25, 0.3) is 0 Å². The van der Waals surface area contributed by atoms with E-state index < -0.39 is 36.8 Å². The Bertz CT molecular complexity index is 487. The van der Waals surface area contributed by atoms with Crippen LogP contribution in [-0.4, -0.2) is 36.8 Å². The second-order valence-electron chi connectivity index (χ2n) is 6.58. The Labute approximate surface area is 120 Å². The topological polar surface area (TPSA) is 0 Å². The molecular formula is C16H22Sn2. The van der Waals surface area contributed by atoms with Crippen molar-refractivity contribution >= 4 is 36.8 Å². The Hall–Kier alpha value is -0.0626. The van der Waals surface area contributed by atoms with Crippen molar-refractivity contribution < 1.29 is 0 Å². The Morgan fingerprint density at radius 1 is 0.722 bits per heavy atom. The molecule has 0 nitrogen and oxygen atoms in total. The quantitative estimate of drug-likeness (QED) is 0.411. The molecule has 0 aliphatic heterocycles. The molecule has 1 rings (SSSR count). The Morgan fingerprint density at radius 3 is 1.44 bits per heavy atom. The maximum atomic E-state index is 3.46. The van der Waals surface area contributed by atoms with Crippen molar-refractivity contribution in [3.63, 3.8) is 0 Å². The summed E-state index contributed by atoms with van der Waals surface area (Å²) in [6.07, 6.45) is 0. The molecule has 0 aliphatic rings. The summed E-state index contributed by atoms with van der Waals surface area (Å²) in [6.45, 7) is 0. The molecule has 0 amide bonds. The van der Waals surface area contributed by atoms with Gasteiger partial charge in [0.25, 0.3) is 0 Å². The van der Waals surface area contributed by atoms with Gasteiger partial charge in [0.05, 0.1) is 0 Å². The van der Waals surface area contributed by atoms with Gasteiger partial charge in [-0.3, -0.25) is 0 Å². The minimum atomic E-state index is -1.98. The van der Waals surface area contributed by atoms with Crippen LogP contribution in [0.1, 0.15) is 11.1 Å². The van der Waals surface area contributed by atoms with Gasteiger partial charge >= 0.3 is 121 Å². The molecule has 0 heterocycles. The van der Waals surface area contributed by atoms with Gasteiger partial charge in [0, 0.05) is 0 Å². The third-order valence-corrected chi connectivity index (χ3v) is 7.02. The van der Waals surface area contributed by atoms with Crippen LogP contribution in [0, 0.1) is 19.7 Å². The SMILES string of the molecule is [CH3][Sn]([CH3])([CH3])[C]#Cc1cccc(C#[C][Sn]([CH3])([CH3])[CH3])c1. The molecule has 0 radical (unpaired) electrons. The first-order chi connectivity index (χ1) is 8.16. The summed E-state index contributed by atoms with van der Waals surface area (Å²) in [5, 5.41) is 0. The first-order valence-electron chi connectivity index (χ1n) is 6.32. The van der Waals surface area contributed by atoms with E-state index in [1.165, 1.54) is 0 Å². The fourth-order valence-corrected chi connectivity index (χ4v) is 4.16. The predicted octanol–water partition coefficient (Wildman–Crippen LogP) is 4.14. The van der Waals surface area contributed by atoms with Crippen LogP contribution in [0.4, 0.5) is 0 Å². The zero-order valence-electron chi connectivity index (χ0n) is 12.3. The molecular weight excluding hydrogens is 430 g/mol. The van der Waals surface area contributed by atoms with Gasteiger partial charge in [-0.05, 0) is 0 Å².